The summed E-state index contributed by atoms with van der Waals surface area (Å²) in [7, 11) is 0. The van der Waals surface area contributed by atoms with Gasteiger partial charge in [0.1, 0.15) is 0 Å². The number of hydrogen-bond acceptors (Lipinski definition) is 1. The number of rotatable bonds is 0. The molecule has 0 fully saturated rings. The Kier molecular flexibility index (Phi) is 6.10. The van der Waals surface area contributed by atoms with Crippen LogP contribution in [0, 0.1) is 6.92 Å². The second-order valence-corrected chi connectivity index (χ2v) is 8.49. The number of aromatic nitrogens is 1. The van der Waals surface area contributed by atoms with Crippen LogP contribution < -0.4 is 0 Å². The van der Waals surface area contributed by atoms with Gasteiger partial charge in [-0.15, -0.1) is 0 Å². The molecule has 0 spiro atoms. The molecule has 1 aromatic heterocycles. The number of fused-ring (bicyclic) bond motifs is 5. The molecule has 160 valence electrons. The topological polar surface area (TPSA) is 12.9 Å². The fourth-order valence-corrected chi connectivity index (χ4v) is 4.72. The van der Waals surface area contributed by atoms with Gasteiger partial charge < -0.3 is 0 Å². The van der Waals surface area contributed by atoms with Gasteiger partial charge in [-0.25, -0.2) is 4.98 Å². The molecular weight excluding hydrogens is 386 g/mol. The molecule has 0 bridgehead atoms. The fraction of sp³-hybridized carbons (Fsp3) is 0.194. The van der Waals surface area contributed by atoms with Crippen molar-refractivity contribution >= 4 is 21.8 Å². The Labute approximate surface area is 191 Å². The lowest BCUT2D eigenvalue weighted by molar-refractivity contribution is 0.660. The van der Waals surface area contributed by atoms with E-state index in [4.69, 9.17) is 0 Å². The third kappa shape index (κ3) is 3.69. The fourth-order valence-electron chi connectivity index (χ4n) is 4.72. The van der Waals surface area contributed by atoms with Crippen LogP contribution in [0.4, 0.5) is 0 Å². The molecule has 0 saturated heterocycles. The molecule has 0 unspecified atom stereocenters. The average molecular weight is 418 g/mol. The van der Waals surface area contributed by atoms with E-state index in [2.05, 4.69) is 111 Å². The summed E-state index contributed by atoms with van der Waals surface area (Å²) in [6.07, 6.45) is 0. The van der Waals surface area contributed by atoms with Crippen LogP contribution in [-0.2, 0) is 5.41 Å². The zero-order chi connectivity index (χ0) is 22.7. The predicted molar refractivity (Wildman–Crippen MR) is 139 cm³/mol. The van der Waals surface area contributed by atoms with Crippen LogP contribution in [-0.4, -0.2) is 4.98 Å². The molecule has 0 atom stereocenters. The Balaban J connectivity index is 0.000000142. The molecule has 0 saturated carbocycles. The molecule has 6 rings (SSSR count). The molecule has 0 amide bonds. The number of nitrogens with zero attached hydrogens (tertiary/aromatic N) is 1. The first-order valence-electron chi connectivity index (χ1n) is 11.5. The van der Waals surface area contributed by atoms with Crippen molar-refractivity contribution in [1.29, 1.82) is 0 Å². The van der Waals surface area contributed by atoms with Gasteiger partial charge >= 0.3 is 0 Å². The van der Waals surface area contributed by atoms with Crippen LogP contribution in [0.1, 0.15) is 44.4 Å². The minimum Gasteiger partial charge on any atom is -0.248 e. The zero-order valence-corrected chi connectivity index (χ0v) is 19.7. The van der Waals surface area contributed by atoms with Crippen molar-refractivity contribution in [2.24, 2.45) is 0 Å². The van der Waals surface area contributed by atoms with Gasteiger partial charge in [0.05, 0.1) is 11.0 Å². The first-order valence-corrected chi connectivity index (χ1v) is 11.5. The Morgan fingerprint density at radius 2 is 0.906 bits per heavy atom. The first-order chi connectivity index (χ1) is 15.6. The van der Waals surface area contributed by atoms with Crippen molar-refractivity contribution in [2.45, 2.75) is 40.0 Å². The second kappa shape index (κ2) is 8.96. The van der Waals surface area contributed by atoms with E-state index in [9.17, 15) is 0 Å². The van der Waals surface area contributed by atoms with E-state index in [0.717, 1.165) is 11.0 Å². The summed E-state index contributed by atoms with van der Waals surface area (Å²) >= 11 is 0. The van der Waals surface area contributed by atoms with Crippen LogP contribution in [0.25, 0.3) is 32.9 Å². The normalized spacial score (nSPS) is 12.8. The molecule has 0 radical (unpaired) electrons. The van der Waals surface area contributed by atoms with E-state index < -0.39 is 0 Å². The van der Waals surface area contributed by atoms with Crippen LogP contribution in [0.3, 0.4) is 0 Å². The molecule has 5 aromatic rings. The molecule has 1 heterocycles. The van der Waals surface area contributed by atoms with Crippen molar-refractivity contribution in [3.63, 3.8) is 0 Å². The first kappa shape index (κ1) is 21.8. The number of para-hydroxylation sites is 2. The lowest BCUT2D eigenvalue weighted by Crippen LogP contribution is -2.14. The van der Waals surface area contributed by atoms with Crippen LogP contribution in [0.5, 0.6) is 0 Å². The molecular formula is C31H31N. The lowest BCUT2D eigenvalue weighted by atomic mass is 9.82. The summed E-state index contributed by atoms with van der Waals surface area (Å²) in [6.45, 7) is 10.8. The van der Waals surface area contributed by atoms with E-state index in [1.807, 2.05) is 26.0 Å². The highest BCUT2D eigenvalue weighted by atomic mass is 14.7. The van der Waals surface area contributed by atoms with E-state index in [1.54, 1.807) is 0 Å². The van der Waals surface area contributed by atoms with Gasteiger partial charge in [0, 0.05) is 16.2 Å². The Morgan fingerprint density at radius 3 is 1.38 bits per heavy atom. The van der Waals surface area contributed by atoms with E-state index in [1.165, 1.54) is 38.6 Å². The van der Waals surface area contributed by atoms with Crippen LogP contribution in [0.15, 0.2) is 97.1 Å². The maximum Gasteiger partial charge on any atom is 0.0712 e. The maximum atomic E-state index is 4.64. The Bertz CT molecular complexity index is 1280. The van der Waals surface area contributed by atoms with Crippen molar-refractivity contribution in [3.05, 3.63) is 114 Å². The molecule has 1 nitrogen and oxygen atoms in total. The number of aryl methyl sites for hydroxylation is 1. The summed E-state index contributed by atoms with van der Waals surface area (Å²) in [6, 6.07) is 34.0. The van der Waals surface area contributed by atoms with Crippen molar-refractivity contribution < 1.29 is 0 Å². The Morgan fingerprint density at radius 1 is 0.531 bits per heavy atom. The number of pyridine rings is 1. The summed E-state index contributed by atoms with van der Waals surface area (Å²) in [5.41, 5.74) is 9.33. The van der Waals surface area contributed by atoms with Gasteiger partial charge in [0.15, 0.2) is 0 Å². The molecule has 4 aromatic carbocycles. The third-order valence-electron chi connectivity index (χ3n) is 6.35. The smallest absolute Gasteiger partial charge is 0.0712 e. The molecule has 1 aliphatic rings. The van der Waals surface area contributed by atoms with Crippen molar-refractivity contribution in [3.8, 4) is 11.1 Å². The second-order valence-electron chi connectivity index (χ2n) is 8.49. The van der Waals surface area contributed by atoms with Gasteiger partial charge in [0.25, 0.3) is 0 Å². The van der Waals surface area contributed by atoms with Crippen molar-refractivity contribution in [1.82, 2.24) is 4.98 Å². The molecule has 0 aliphatic heterocycles. The largest absolute Gasteiger partial charge is 0.248 e. The summed E-state index contributed by atoms with van der Waals surface area (Å²) in [5.74, 6) is 0. The van der Waals surface area contributed by atoms with Crippen molar-refractivity contribution in [2.75, 3.05) is 0 Å². The highest BCUT2D eigenvalue weighted by molar-refractivity contribution is 5.96. The third-order valence-corrected chi connectivity index (χ3v) is 6.35. The van der Waals surface area contributed by atoms with Gasteiger partial charge in [-0.3, -0.25) is 0 Å². The summed E-state index contributed by atoms with van der Waals surface area (Å²) in [4.78, 5) is 4.64. The van der Waals surface area contributed by atoms with Gasteiger partial charge in [-0.1, -0.05) is 113 Å². The molecule has 0 N–H and O–H groups in total. The molecule has 1 heteroatoms. The standard InChI is InChI=1S/C15H14.C14H11N.C2H6/c1-15(2)13-9-5-3-7-11(13)12-8-4-6-10-14(12)15;1-10-11-6-2-4-8-13(11)15-14-9-5-3-7-12(10)14;1-2/h3-10H,1-2H3;2-9H,1H3;1-2H3. The number of hydrogen-bond donors (Lipinski definition) is 0. The van der Waals surface area contributed by atoms with Crippen LogP contribution >= 0.6 is 0 Å². The minimum atomic E-state index is 0.160. The predicted octanol–water partition coefficient (Wildman–Crippen LogP) is 8.72. The monoisotopic (exact) mass is 417 g/mol. The molecule has 32 heavy (non-hydrogen) atoms. The summed E-state index contributed by atoms with van der Waals surface area (Å²) in [5, 5.41) is 2.49. The van der Waals surface area contributed by atoms with Crippen LogP contribution in [0.2, 0.25) is 0 Å². The quantitative estimate of drug-likeness (QED) is 0.230. The van der Waals surface area contributed by atoms with Gasteiger partial charge in [0.2, 0.25) is 0 Å². The molecule has 1 aliphatic carbocycles. The summed E-state index contributed by atoms with van der Waals surface area (Å²) < 4.78 is 0. The highest BCUT2D eigenvalue weighted by Gasteiger charge is 2.34. The van der Waals surface area contributed by atoms with E-state index >= 15 is 0 Å². The SMILES string of the molecule is CC.CC1(C)c2ccccc2-c2ccccc21.Cc1c2ccccc2nc2ccccc12. The zero-order valence-electron chi connectivity index (χ0n) is 19.7. The van der Waals surface area contributed by atoms with Gasteiger partial charge in [-0.2, -0.15) is 0 Å². The van der Waals surface area contributed by atoms with E-state index in [0.29, 0.717) is 0 Å². The Hall–Kier alpha value is -3.45. The highest BCUT2D eigenvalue weighted by Crippen LogP contribution is 2.47. The van der Waals surface area contributed by atoms with E-state index in [-0.39, 0.29) is 5.41 Å². The van der Waals surface area contributed by atoms with Gasteiger partial charge in [-0.05, 0) is 46.9 Å². The number of benzene rings is 4. The average Bonchev–Trinajstić information content (AvgIpc) is 3.09. The maximum absolute atomic E-state index is 4.64. The lowest BCUT2D eigenvalue weighted by Gasteiger charge is -2.20. The minimum absolute atomic E-state index is 0.160.